The summed E-state index contributed by atoms with van der Waals surface area (Å²) in [6.45, 7) is 0.578. The average molecular weight is 275 g/mol. The topological polar surface area (TPSA) is 46.3 Å². The van der Waals surface area contributed by atoms with Crippen LogP contribution in [0.25, 0.3) is 0 Å². The molecule has 1 amide bonds. The van der Waals surface area contributed by atoms with Gasteiger partial charge in [0.05, 0.1) is 5.54 Å². The second-order valence-corrected chi connectivity index (χ2v) is 4.88. The number of likely N-dealkylation sites (N-methyl/N-ethyl adjacent to an activating group) is 1. The van der Waals surface area contributed by atoms with Gasteiger partial charge in [-0.3, -0.25) is 4.79 Å². The minimum Gasteiger partial charge on any atom is -0.340 e. The highest BCUT2D eigenvalue weighted by molar-refractivity contribution is 6.30. The molecule has 1 aliphatic carbocycles. The minimum atomic E-state index is -0.582. The highest BCUT2D eigenvalue weighted by atomic mass is 35.5. The molecule has 0 radical (unpaired) electrons. The molecule has 0 heterocycles. The van der Waals surface area contributed by atoms with E-state index >= 15 is 0 Å². The molecule has 1 aromatic rings. The van der Waals surface area contributed by atoms with Crippen molar-refractivity contribution >= 4 is 29.9 Å². The van der Waals surface area contributed by atoms with E-state index in [1.165, 1.54) is 0 Å². The van der Waals surface area contributed by atoms with E-state index in [9.17, 15) is 4.79 Å². The molecular formula is C12H16Cl2N2O. The minimum absolute atomic E-state index is 0. The van der Waals surface area contributed by atoms with Crippen molar-refractivity contribution in [1.29, 1.82) is 0 Å². The standard InChI is InChI=1S/C12H15ClN2O.ClH/c1-15(11(16)12(14)6-7-12)8-9-2-4-10(13)5-3-9;/h2-5H,6-8,14H2,1H3;1H. The van der Waals surface area contributed by atoms with Crippen LogP contribution < -0.4 is 5.73 Å². The van der Waals surface area contributed by atoms with Crippen LogP contribution in [0.2, 0.25) is 5.02 Å². The molecular weight excluding hydrogens is 259 g/mol. The molecule has 0 aliphatic heterocycles. The fraction of sp³-hybridized carbons (Fsp3) is 0.417. The maximum atomic E-state index is 11.9. The van der Waals surface area contributed by atoms with Crippen molar-refractivity contribution in [2.75, 3.05) is 7.05 Å². The number of amides is 1. The maximum Gasteiger partial charge on any atom is 0.242 e. The molecule has 17 heavy (non-hydrogen) atoms. The van der Waals surface area contributed by atoms with Gasteiger partial charge in [-0.25, -0.2) is 0 Å². The van der Waals surface area contributed by atoms with Gasteiger partial charge in [0, 0.05) is 18.6 Å². The molecule has 0 saturated heterocycles. The molecule has 94 valence electrons. The van der Waals surface area contributed by atoms with Gasteiger partial charge in [0.15, 0.2) is 0 Å². The van der Waals surface area contributed by atoms with Crippen molar-refractivity contribution in [3.63, 3.8) is 0 Å². The average Bonchev–Trinajstić information content (AvgIpc) is 3.00. The lowest BCUT2D eigenvalue weighted by molar-refractivity contribution is -0.132. The van der Waals surface area contributed by atoms with Crippen LogP contribution in [0.1, 0.15) is 18.4 Å². The molecule has 1 saturated carbocycles. The van der Waals surface area contributed by atoms with E-state index in [2.05, 4.69) is 0 Å². The van der Waals surface area contributed by atoms with Gasteiger partial charge in [0.1, 0.15) is 0 Å². The lowest BCUT2D eigenvalue weighted by Gasteiger charge is -2.20. The zero-order chi connectivity index (χ0) is 11.8. The first kappa shape index (κ1) is 14.3. The Balaban J connectivity index is 0.00000144. The normalized spacial score (nSPS) is 15.9. The first-order valence-corrected chi connectivity index (χ1v) is 5.68. The van der Waals surface area contributed by atoms with Gasteiger partial charge in [-0.2, -0.15) is 0 Å². The number of rotatable bonds is 3. The molecule has 1 fully saturated rings. The van der Waals surface area contributed by atoms with Gasteiger partial charge < -0.3 is 10.6 Å². The van der Waals surface area contributed by atoms with E-state index < -0.39 is 5.54 Å². The largest absolute Gasteiger partial charge is 0.340 e. The van der Waals surface area contributed by atoms with E-state index in [0.29, 0.717) is 11.6 Å². The molecule has 2 N–H and O–H groups in total. The Morgan fingerprint density at radius 3 is 2.41 bits per heavy atom. The van der Waals surface area contributed by atoms with Crippen molar-refractivity contribution in [3.8, 4) is 0 Å². The first-order chi connectivity index (χ1) is 7.51. The Morgan fingerprint density at radius 1 is 1.41 bits per heavy atom. The first-order valence-electron chi connectivity index (χ1n) is 5.30. The SMILES string of the molecule is CN(Cc1ccc(Cl)cc1)C(=O)C1(N)CC1.Cl. The Bertz CT molecular complexity index is 401. The molecule has 0 atom stereocenters. The number of carbonyl (C=O) groups is 1. The van der Waals surface area contributed by atoms with Crippen molar-refractivity contribution < 1.29 is 4.79 Å². The van der Waals surface area contributed by atoms with E-state index in [0.717, 1.165) is 18.4 Å². The summed E-state index contributed by atoms with van der Waals surface area (Å²) in [5, 5.41) is 0.704. The Morgan fingerprint density at radius 2 is 1.94 bits per heavy atom. The van der Waals surface area contributed by atoms with Crippen LogP contribution in [0.4, 0.5) is 0 Å². The summed E-state index contributed by atoms with van der Waals surface area (Å²) in [6.07, 6.45) is 1.60. The number of benzene rings is 1. The maximum absolute atomic E-state index is 11.9. The molecule has 1 aliphatic rings. The van der Waals surface area contributed by atoms with Crippen molar-refractivity contribution in [2.24, 2.45) is 5.73 Å². The monoisotopic (exact) mass is 274 g/mol. The molecule has 0 spiro atoms. The van der Waals surface area contributed by atoms with Crippen molar-refractivity contribution in [3.05, 3.63) is 34.9 Å². The van der Waals surface area contributed by atoms with E-state index in [1.54, 1.807) is 11.9 Å². The number of halogens is 2. The summed E-state index contributed by atoms with van der Waals surface area (Å²) in [5.41, 5.74) is 6.33. The van der Waals surface area contributed by atoms with Gasteiger partial charge in [-0.05, 0) is 30.5 Å². The lowest BCUT2D eigenvalue weighted by Crippen LogP contribution is -2.43. The van der Waals surface area contributed by atoms with Crippen LogP contribution >= 0.6 is 24.0 Å². The predicted molar refractivity (Wildman–Crippen MR) is 71.3 cm³/mol. The fourth-order valence-electron chi connectivity index (χ4n) is 1.66. The Kier molecular flexibility index (Phi) is 4.42. The summed E-state index contributed by atoms with van der Waals surface area (Å²) in [6, 6.07) is 7.49. The zero-order valence-electron chi connectivity index (χ0n) is 9.65. The highest BCUT2D eigenvalue weighted by Gasteiger charge is 2.47. The van der Waals surface area contributed by atoms with Crippen LogP contribution in [-0.2, 0) is 11.3 Å². The molecule has 2 rings (SSSR count). The molecule has 0 unspecified atom stereocenters. The van der Waals surface area contributed by atoms with E-state index in [4.69, 9.17) is 17.3 Å². The summed E-state index contributed by atoms with van der Waals surface area (Å²) in [7, 11) is 1.78. The van der Waals surface area contributed by atoms with Crippen LogP contribution in [0.15, 0.2) is 24.3 Å². The second kappa shape index (κ2) is 5.25. The second-order valence-electron chi connectivity index (χ2n) is 4.44. The van der Waals surface area contributed by atoms with E-state index in [-0.39, 0.29) is 18.3 Å². The van der Waals surface area contributed by atoms with E-state index in [1.807, 2.05) is 24.3 Å². The number of hydrogen-bond donors (Lipinski definition) is 1. The smallest absolute Gasteiger partial charge is 0.242 e. The third-order valence-electron chi connectivity index (χ3n) is 2.89. The molecule has 0 bridgehead atoms. The van der Waals surface area contributed by atoms with Crippen LogP contribution in [-0.4, -0.2) is 23.4 Å². The fourth-order valence-corrected chi connectivity index (χ4v) is 1.79. The van der Waals surface area contributed by atoms with Crippen LogP contribution in [0.5, 0.6) is 0 Å². The predicted octanol–water partition coefficient (Wildman–Crippen LogP) is 2.21. The number of nitrogens with zero attached hydrogens (tertiary/aromatic N) is 1. The van der Waals surface area contributed by atoms with Gasteiger partial charge in [-0.15, -0.1) is 12.4 Å². The molecule has 0 aromatic heterocycles. The summed E-state index contributed by atoms with van der Waals surface area (Å²) >= 11 is 5.79. The lowest BCUT2D eigenvalue weighted by atomic mass is 10.2. The summed E-state index contributed by atoms with van der Waals surface area (Å²) < 4.78 is 0. The van der Waals surface area contributed by atoms with Crippen molar-refractivity contribution in [1.82, 2.24) is 4.90 Å². The number of nitrogens with two attached hydrogens (primary N) is 1. The van der Waals surface area contributed by atoms with Gasteiger partial charge in [0.25, 0.3) is 0 Å². The highest BCUT2D eigenvalue weighted by Crippen LogP contribution is 2.34. The third-order valence-corrected chi connectivity index (χ3v) is 3.15. The van der Waals surface area contributed by atoms with Crippen LogP contribution in [0.3, 0.4) is 0 Å². The zero-order valence-corrected chi connectivity index (χ0v) is 11.2. The number of carbonyl (C=O) groups excluding carboxylic acids is 1. The Hall–Kier alpha value is -0.770. The quantitative estimate of drug-likeness (QED) is 0.919. The number of hydrogen-bond acceptors (Lipinski definition) is 2. The summed E-state index contributed by atoms with van der Waals surface area (Å²) in [4.78, 5) is 13.6. The van der Waals surface area contributed by atoms with Crippen molar-refractivity contribution in [2.45, 2.75) is 24.9 Å². The molecule has 3 nitrogen and oxygen atoms in total. The van der Waals surface area contributed by atoms with Gasteiger partial charge >= 0.3 is 0 Å². The van der Waals surface area contributed by atoms with Gasteiger partial charge in [-0.1, -0.05) is 23.7 Å². The van der Waals surface area contributed by atoms with Crippen LogP contribution in [0, 0.1) is 0 Å². The molecule has 1 aromatic carbocycles. The Labute approximate surface area is 112 Å². The third kappa shape index (κ3) is 3.35. The molecule has 5 heteroatoms. The summed E-state index contributed by atoms with van der Waals surface area (Å²) in [5.74, 6) is 0.0300. The van der Waals surface area contributed by atoms with Gasteiger partial charge in [0.2, 0.25) is 5.91 Å².